The van der Waals surface area contributed by atoms with E-state index in [1.54, 1.807) is 0 Å². The molecule has 3 unspecified atom stereocenters. The van der Waals surface area contributed by atoms with E-state index in [9.17, 15) is 0 Å². The van der Waals surface area contributed by atoms with Gasteiger partial charge in [-0.15, -0.1) is 0 Å². The van der Waals surface area contributed by atoms with Gasteiger partial charge in [0.05, 0.1) is 0 Å². The minimum atomic E-state index is 0.896. The molecule has 2 aliphatic rings. The van der Waals surface area contributed by atoms with Crippen molar-refractivity contribution in [3.63, 3.8) is 0 Å². The second kappa shape index (κ2) is 3.00. The molecule has 0 aromatic carbocycles. The van der Waals surface area contributed by atoms with Crippen molar-refractivity contribution in [3.8, 4) is 0 Å². The van der Waals surface area contributed by atoms with Gasteiger partial charge in [0.25, 0.3) is 0 Å². The molecular weight excluding hydrogens is 132 g/mol. The molecule has 1 saturated carbocycles. The molecule has 0 aliphatic heterocycles. The van der Waals surface area contributed by atoms with Gasteiger partial charge in [-0.2, -0.15) is 0 Å². The number of fused-ring (bicyclic) bond motifs is 1. The highest BCUT2D eigenvalue weighted by Gasteiger charge is 2.27. The average molecular weight is 149 g/mol. The SMILES string of the molecule is CC1CCC2CC[C]=CC2C1. The Morgan fingerprint density at radius 1 is 1.27 bits per heavy atom. The van der Waals surface area contributed by atoms with Crippen LogP contribution < -0.4 is 0 Å². The Balaban J connectivity index is 2.03. The molecule has 3 atom stereocenters. The Morgan fingerprint density at radius 2 is 2.18 bits per heavy atom. The quantitative estimate of drug-likeness (QED) is 0.496. The predicted octanol–water partition coefficient (Wildman–Crippen LogP) is 3.19. The Hall–Kier alpha value is -0.260. The summed E-state index contributed by atoms with van der Waals surface area (Å²) >= 11 is 0. The van der Waals surface area contributed by atoms with E-state index in [-0.39, 0.29) is 0 Å². The van der Waals surface area contributed by atoms with Gasteiger partial charge < -0.3 is 0 Å². The standard InChI is InChI=1S/C11H17/c1-9-6-7-10-4-2-3-5-11(10)8-9/h5,9-11H,2,4,6-8H2,1H3. The van der Waals surface area contributed by atoms with Crippen LogP contribution in [0, 0.1) is 23.8 Å². The van der Waals surface area contributed by atoms with Crippen LogP contribution in [-0.2, 0) is 0 Å². The summed E-state index contributed by atoms with van der Waals surface area (Å²) in [7, 11) is 0. The molecule has 2 rings (SSSR count). The van der Waals surface area contributed by atoms with Crippen molar-refractivity contribution >= 4 is 0 Å². The Labute approximate surface area is 69.7 Å². The van der Waals surface area contributed by atoms with Crippen LogP contribution >= 0.6 is 0 Å². The molecule has 1 radical (unpaired) electrons. The van der Waals surface area contributed by atoms with E-state index in [0.29, 0.717) is 0 Å². The summed E-state index contributed by atoms with van der Waals surface area (Å²) in [6, 6.07) is 0. The summed E-state index contributed by atoms with van der Waals surface area (Å²) < 4.78 is 0. The second-order valence-electron chi connectivity index (χ2n) is 4.25. The van der Waals surface area contributed by atoms with Gasteiger partial charge in [-0.3, -0.25) is 0 Å². The van der Waals surface area contributed by atoms with Crippen molar-refractivity contribution in [1.82, 2.24) is 0 Å². The first-order valence-electron chi connectivity index (χ1n) is 4.93. The minimum absolute atomic E-state index is 0.896. The van der Waals surface area contributed by atoms with E-state index >= 15 is 0 Å². The zero-order chi connectivity index (χ0) is 7.68. The fourth-order valence-corrected chi connectivity index (χ4v) is 2.55. The lowest BCUT2D eigenvalue weighted by Crippen LogP contribution is -2.24. The summed E-state index contributed by atoms with van der Waals surface area (Å²) in [4.78, 5) is 0. The van der Waals surface area contributed by atoms with Crippen molar-refractivity contribution in [2.45, 2.75) is 39.0 Å². The molecule has 0 N–H and O–H groups in total. The van der Waals surface area contributed by atoms with Gasteiger partial charge in [-0.1, -0.05) is 19.4 Å². The maximum absolute atomic E-state index is 3.38. The molecule has 0 saturated heterocycles. The van der Waals surface area contributed by atoms with Gasteiger partial charge in [0.15, 0.2) is 0 Å². The van der Waals surface area contributed by atoms with Crippen LogP contribution in [0.1, 0.15) is 39.0 Å². The third-order valence-electron chi connectivity index (χ3n) is 3.30. The van der Waals surface area contributed by atoms with Crippen LogP contribution in [0.15, 0.2) is 6.08 Å². The largest absolute Gasteiger partial charge is 0.0776 e. The average Bonchev–Trinajstić information content (AvgIpc) is 2.04. The van der Waals surface area contributed by atoms with E-state index in [2.05, 4.69) is 19.1 Å². The van der Waals surface area contributed by atoms with Crippen molar-refractivity contribution in [3.05, 3.63) is 12.2 Å². The maximum Gasteiger partial charge on any atom is -0.0197 e. The van der Waals surface area contributed by atoms with Gasteiger partial charge in [0.1, 0.15) is 0 Å². The summed E-state index contributed by atoms with van der Waals surface area (Å²) in [5, 5.41) is 0. The molecule has 0 amide bonds. The molecule has 1 fully saturated rings. The lowest BCUT2D eigenvalue weighted by atomic mass is 9.71. The van der Waals surface area contributed by atoms with Gasteiger partial charge in [-0.05, 0) is 49.5 Å². The smallest absolute Gasteiger partial charge is 0.0197 e. The predicted molar refractivity (Wildman–Crippen MR) is 47.0 cm³/mol. The molecule has 0 spiro atoms. The summed E-state index contributed by atoms with van der Waals surface area (Å²) in [6.45, 7) is 2.39. The van der Waals surface area contributed by atoms with Crippen LogP contribution in [-0.4, -0.2) is 0 Å². The highest BCUT2D eigenvalue weighted by atomic mass is 14.3. The van der Waals surface area contributed by atoms with Crippen LogP contribution in [0.5, 0.6) is 0 Å². The maximum atomic E-state index is 3.38. The van der Waals surface area contributed by atoms with Crippen molar-refractivity contribution < 1.29 is 0 Å². The van der Waals surface area contributed by atoms with Crippen molar-refractivity contribution in [1.29, 1.82) is 0 Å². The zero-order valence-electron chi connectivity index (χ0n) is 7.34. The topological polar surface area (TPSA) is 0 Å². The first-order valence-corrected chi connectivity index (χ1v) is 4.93. The van der Waals surface area contributed by atoms with Crippen LogP contribution in [0.3, 0.4) is 0 Å². The van der Waals surface area contributed by atoms with Gasteiger partial charge in [-0.25, -0.2) is 0 Å². The van der Waals surface area contributed by atoms with E-state index in [0.717, 1.165) is 17.8 Å². The van der Waals surface area contributed by atoms with Crippen LogP contribution in [0.25, 0.3) is 0 Å². The monoisotopic (exact) mass is 149 g/mol. The molecular formula is C11H17. The normalized spacial score (nSPS) is 43.5. The van der Waals surface area contributed by atoms with Crippen molar-refractivity contribution in [2.24, 2.45) is 17.8 Å². The Morgan fingerprint density at radius 3 is 3.09 bits per heavy atom. The van der Waals surface area contributed by atoms with E-state index < -0.39 is 0 Å². The van der Waals surface area contributed by atoms with E-state index in [1.165, 1.54) is 32.1 Å². The molecule has 11 heavy (non-hydrogen) atoms. The number of hydrogen-bond donors (Lipinski definition) is 0. The van der Waals surface area contributed by atoms with Gasteiger partial charge >= 0.3 is 0 Å². The highest BCUT2D eigenvalue weighted by molar-refractivity contribution is 4.95. The number of rotatable bonds is 0. The lowest BCUT2D eigenvalue weighted by molar-refractivity contribution is 0.208. The van der Waals surface area contributed by atoms with Crippen LogP contribution in [0.2, 0.25) is 0 Å². The molecule has 0 bridgehead atoms. The van der Waals surface area contributed by atoms with Crippen LogP contribution in [0.4, 0.5) is 0 Å². The van der Waals surface area contributed by atoms with Crippen molar-refractivity contribution in [2.75, 3.05) is 0 Å². The highest BCUT2D eigenvalue weighted by Crippen LogP contribution is 2.39. The fraction of sp³-hybridized carbons (Fsp3) is 0.818. The van der Waals surface area contributed by atoms with Gasteiger partial charge in [0, 0.05) is 0 Å². The first-order chi connectivity index (χ1) is 5.36. The molecule has 0 aromatic heterocycles. The number of hydrogen-bond acceptors (Lipinski definition) is 0. The molecule has 0 heterocycles. The zero-order valence-corrected chi connectivity index (χ0v) is 7.34. The lowest BCUT2D eigenvalue weighted by Gasteiger charge is -2.34. The molecule has 0 aromatic rings. The Kier molecular flexibility index (Phi) is 2.02. The summed E-state index contributed by atoms with van der Waals surface area (Å²) in [6.07, 6.45) is 12.7. The third kappa shape index (κ3) is 1.50. The van der Waals surface area contributed by atoms with E-state index in [1.807, 2.05) is 0 Å². The molecule has 0 heteroatoms. The fourth-order valence-electron chi connectivity index (χ4n) is 2.55. The molecule has 61 valence electrons. The molecule has 2 aliphatic carbocycles. The first kappa shape index (κ1) is 7.39. The number of allylic oxidation sites excluding steroid dienone is 2. The van der Waals surface area contributed by atoms with E-state index in [4.69, 9.17) is 0 Å². The van der Waals surface area contributed by atoms with Gasteiger partial charge in [0.2, 0.25) is 0 Å². The third-order valence-corrected chi connectivity index (χ3v) is 3.30. The summed E-state index contributed by atoms with van der Waals surface area (Å²) in [5.41, 5.74) is 0. The Bertz CT molecular complexity index is 157. The molecule has 0 nitrogen and oxygen atoms in total. The summed E-state index contributed by atoms with van der Waals surface area (Å²) in [5.74, 6) is 2.88. The second-order valence-corrected chi connectivity index (χ2v) is 4.25. The minimum Gasteiger partial charge on any atom is -0.0776 e.